The third-order valence-electron chi connectivity index (χ3n) is 6.90. The number of rotatable bonds is 3. The van der Waals surface area contributed by atoms with Gasteiger partial charge in [-0.2, -0.15) is 0 Å². The van der Waals surface area contributed by atoms with Gasteiger partial charge in [0.05, 0.1) is 5.54 Å². The van der Waals surface area contributed by atoms with E-state index in [4.69, 9.17) is 5.73 Å². The number of anilines is 2. The highest BCUT2D eigenvalue weighted by Crippen LogP contribution is 2.41. The van der Waals surface area contributed by atoms with Crippen molar-refractivity contribution in [2.75, 3.05) is 5.32 Å². The second kappa shape index (κ2) is 6.94. The molecule has 32 heavy (non-hydrogen) atoms. The molecule has 0 aliphatic heterocycles. The van der Waals surface area contributed by atoms with Crippen LogP contribution in [0.5, 0.6) is 0 Å². The second-order valence-corrected chi connectivity index (χ2v) is 9.15. The first-order chi connectivity index (χ1) is 15.5. The van der Waals surface area contributed by atoms with Gasteiger partial charge in [-0.1, -0.05) is 78.4 Å². The zero-order valence-corrected chi connectivity index (χ0v) is 18.4. The van der Waals surface area contributed by atoms with Gasteiger partial charge in [-0.3, -0.25) is 0 Å². The first-order valence-electron chi connectivity index (χ1n) is 11.2. The molecule has 2 nitrogen and oxygen atoms in total. The molecule has 0 bridgehead atoms. The fourth-order valence-corrected chi connectivity index (χ4v) is 5.28. The minimum absolute atomic E-state index is 0.526. The van der Waals surface area contributed by atoms with Gasteiger partial charge < -0.3 is 11.1 Å². The van der Waals surface area contributed by atoms with Crippen molar-refractivity contribution in [3.8, 4) is 0 Å². The minimum Gasteiger partial charge on any atom is -0.355 e. The van der Waals surface area contributed by atoms with E-state index in [1.54, 1.807) is 0 Å². The maximum absolute atomic E-state index is 7.18. The Balaban J connectivity index is 1.61. The third kappa shape index (κ3) is 2.84. The summed E-state index contributed by atoms with van der Waals surface area (Å²) in [5, 5.41) is 9.97. The van der Waals surface area contributed by atoms with E-state index in [0.29, 0.717) is 0 Å². The Bertz CT molecular complexity index is 1560. The predicted octanol–water partition coefficient (Wildman–Crippen LogP) is 6.46. The smallest absolute Gasteiger partial charge is 0.0707 e. The van der Waals surface area contributed by atoms with Gasteiger partial charge in [0.25, 0.3) is 0 Å². The van der Waals surface area contributed by atoms with Crippen molar-refractivity contribution in [3.05, 3.63) is 112 Å². The van der Waals surface area contributed by atoms with Gasteiger partial charge >= 0.3 is 0 Å². The van der Waals surface area contributed by atoms with Crippen molar-refractivity contribution < 1.29 is 0 Å². The molecule has 2 heteroatoms. The molecular formula is C30H26N2. The van der Waals surface area contributed by atoms with Crippen molar-refractivity contribution in [1.29, 1.82) is 0 Å². The zero-order valence-electron chi connectivity index (χ0n) is 18.4. The van der Waals surface area contributed by atoms with E-state index >= 15 is 0 Å². The van der Waals surface area contributed by atoms with Crippen LogP contribution in [0.4, 0.5) is 11.4 Å². The van der Waals surface area contributed by atoms with Crippen molar-refractivity contribution in [2.24, 2.45) is 5.73 Å². The summed E-state index contributed by atoms with van der Waals surface area (Å²) in [7, 11) is 0. The molecule has 5 aromatic carbocycles. The Morgan fingerprint density at radius 3 is 2.38 bits per heavy atom. The molecule has 0 spiro atoms. The molecule has 1 aliphatic carbocycles. The molecule has 0 amide bonds. The SMILES string of the molecule is Cc1cccc(Nc2ccc3ccc4c5c(ccc2c35)=CCC4(N)c2cccc(C)c2)c1. The molecule has 0 aromatic heterocycles. The highest BCUT2D eigenvalue weighted by atomic mass is 14.9. The summed E-state index contributed by atoms with van der Waals surface area (Å²) < 4.78 is 0. The molecule has 3 N–H and O–H groups in total. The number of hydrogen-bond acceptors (Lipinski definition) is 2. The number of aryl methyl sites for hydroxylation is 2. The van der Waals surface area contributed by atoms with Crippen molar-refractivity contribution in [2.45, 2.75) is 25.8 Å². The standard InChI is InChI=1S/C30H26N2/c1-19-5-3-7-23(17-19)30(31)16-15-22-9-12-25-27(32-24-8-4-6-20(2)18-24)14-11-21-10-13-26(30)29(22)28(21)25/h3-15,17-18,32H,16,31H2,1-2H3. The highest BCUT2D eigenvalue weighted by molar-refractivity contribution is 6.16. The molecule has 0 saturated heterocycles. The van der Waals surface area contributed by atoms with Crippen LogP contribution in [-0.2, 0) is 5.54 Å². The second-order valence-electron chi connectivity index (χ2n) is 9.15. The largest absolute Gasteiger partial charge is 0.355 e. The lowest BCUT2D eigenvalue weighted by Gasteiger charge is -2.34. The Morgan fingerprint density at radius 2 is 1.56 bits per heavy atom. The molecule has 1 unspecified atom stereocenters. The van der Waals surface area contributed by atoms with Crippen molar-refractivity contribution >= 4 is 39.0 Å². The number of nitrogens with one attached hydrogen (secondary N) is 1. The molecule has 0 saturated carbocycles. The molecule has 5 aromatic rings. The van der Waals surface area contributed by atoms with E-state index < -0.39 is 5.54 Å². The lowest BCUT2D eigenvalue weighted by Crippen LogP contribution is -2.40. The van der Waals surface area contributed by atoms with E-state index in [2.05, 4.69) is 110 Å². The molecule has 1 atom stereocenters. The summed E-state index contributed by atoms with van der Waals surface area (Å²) >= 11 is 0. The fourth-order valence-electron chi connectivity index (χ4n) is 5.28. The number of benzene rings is 5. The number of nitrogens with two attached hydrogens (primary N) is 1. The molecule has 0 fully saturated rings. The summed E-state index contributed by atoms with van der Waals surface area (Å²) in [6.45, 7) is 4.25. The van der Waals surface area contributed by atoms with Crippen LogP contribution in [0.25, 0.3) is 27.6 Å². The van der Waals surface area contributed by atoms with Gasteiger partial charge in [-0.15, -0.1) is 0 Å². The molecular weight excluding hydrogens is 388 g/mol. The van der Waals surface area contributed by atoms with Crippen LogP contribution in [-0.4, -0.2) is 0 Å². The molecule has 1 aliphatic rings. The van der Waals surface area contributed by atoms with E-state index in [0.717, 1.165) is 17.8 Å². The van der Waals surface area contributed by atoms with E-state index in [1.807, 2.05) is 0 Å². The minimum atomic E-state index is -0.526. The Labute approximate surface area is 188 Å². The quantitative estimate of drug-likeness (QED) is 0.356. The van der Waals surface area contributed by atoms with Crippen LogP contribution in [0.2, 0.25) is 0 Å². The van der Waals surface area contributed by atoms with Gasteiger partial charge in [0, 0.05) is 16.8 Å². The van der Waals surface area contributed by atoms with Gasteiger partial charge in [0.15, 0.2) is 0 Å². The maximum Gasteiger partial charge on any atom is 0.0707 e. The normalized spacial score (nSPS) is 17.5. The average molecular weight is 415 g/mol. The van der Waals surface area contributed by atoms with Gasteiger partial charge in [-0.25, -0.2) is 0 Å². The molecule has 156 valence electrons. The topological polar surface area (TPSA) is 38.0 Å². The first kappa shape index (κ1) is 19.1. The average Bonchev–Trinajstić information content (AvgIpc) is 2.80. The van der Waals surface area contributed by atoms with Crippen molar-refractivity contribution in [3.63, 3.8) is 0 Å². The summed E-state index contributed by atoms with van der Waals surface area (Å²) in [5.74, 6) is 0. The molecule has 6 rings (SSSR count). The van der Waals surface area contributed by atoms with Gasteiger partial charge in [0.2, 0.25) is 0 Å². The summed E-state index contributed by atoms with van der Waals surface area (Å²) in [5.41, 5.74) is 13.8. The monoisotopic (exact) mass is 414 g/mol. The van der Waals surface area contributed by atoms with Crippen LogP contribution >= 0.6 is 0 Å². The van der Waals surface area contributed by atoms with Crippen LogP contribution < -0.4 is 16.3 Å². The Hall–Kier alpha value is -3.62. The van der Waals surface area contributed by atoms with E-state index in [9.17, 15) is 0 Å². The lowest BCUT2D eigenvalue weighted by atomic mass is 9.74. The van der Waals surface area contributed by atoms with Crippen LogP contribution in [0, 0.1) is 13.8 Å². The Morgan fingerprint density at radius 1 is 0.781 bits per heavy atom. The third-order valence-corrected chi connectivity index (χ3v) is 6.90. The van der Waals surface area contributed by atoms with E-state index in [-0.39, 0.29) is 0 Å². The van der Waals surface area contributed by atoms with Crippen LogP contribution in [0.15, 0.2) is 84.9 Å². The van der Waals surface area contributed by atoms with E-state index in [1.165, 1.54) is 49.0 Å². The summed E-state index contributed by atoms with van der Waals surface area (Å²) in [4.78, 5) is 0. The van der Waals surface area contributed by atoms with Crippen LogP contribution in [0.1, 0.15) is 28.7 Å². The Kier molecular flexibility index (Phi) is 4.14. The van der Waals surface area contributed by atoms with Gasteiger partial charge in [-0.05, 0) is 76.5 Å². The predicted molar refractivity (Wildman–Crippen MR) is 136 cm³/mol. The summed E-state index contributed by atoms with van der Waals surface area (Å²) in [6.07, 6.45) is 3.11. The van der Waals surface area contributed by atoms with Crippen molar-refractivity contribution in [1.82, 2.24) is 0 Å². The highest BCUT2D eigenvalue weighted by Gasteiger charge is 2.33. The van der Waals surface area contributed by atoms with Gasteiger partial charge in [0.1, 0.15) is 0 Å². The fraction of sp³-hybridized carbons (Fsp3) is 0.133. The van der Waals surface area contributed by atoms with Crippen LogP contribution in [0.3, 0.4) is 0 Å². The summed E-state index contributed by atoms with van der Waals surface area (Å²) in [6, 6.07) is 30.5. The first-order valence-corrected chi connectivity index (χ1v) is 11.2. The molecule has 0 radical (unpaired) electrons. The molecule has 0 heterocycles. The maximum atomic E-state index is 7.18. The zero-order chi connectivity index (χ0) is 21.9. The number of hydrogen-bond donors (Lipinski definition) is 2. The lowest BCUT2D eigenvalue weighted by molar-refractivity contribution is 0.561.